The number of hydrogen-bond donors (Lipinski definition) is 1. The SMILES string of the molecule is COCC(C)OCCCCCNC(C)(C)C. The average molecular weight is 231 g/mol. The van der Waals surface area contributed by atoms with Crippen molar-refractivity contribution in [3.8, 4) is 0 Å². The maximum atomic E-state index is 5.58. The minimum atomic E-state index is 0.220. The van der Waals surface area contributed by atoms with E-state index in [1.807, 2.05) is 6.92 Å². The van der Waals surface area contributed by atoms with Crippen molar-refractivity contribution in [2.45, 2.75) is 58.6 Å². The fourth-order valence-electron chi connectivity index (χ4n) is 1.43. The van der Waals surface area contributed by atoms with Gasteiger partial charge in [0.25, 0.3) is 0 Å². The second-order valence-corrected chi connectivity index (χ2v) is 5.37. The Bertz CT molecular complexity index is 155. The molecule has 0 bridgehead atoms. The molecule has 0 aliphatic carbocycles. The Labute approximate surface area is 101 Å². The molecular weight excluding hydrogens is 202 g/mol. The first kappa shape index (κ1) is 15.9. The monoisotopic (exact) mass is 231 g/mol. The summed E-state index contributed by atoms with van der Waals surface area (Å²) in [7, 11) is 1.71. The Balaban J connectivity index is 3.16. The largest absolute Gasteiger partial charge is 0.382 e. The molecule has 0 radical (unpaired) electrons. The zero-order valence-corrected chi connectivity index (χ0v) is 11.6. The third-order valence-electron chi connectivity index (χ3n) is 2.28. The second-order valence-electron chi connectivity index (χ2n) is 5.37. The van der Waals surface area contributed by atoms with Gasteiger partial charge in [0.2, 0.25) is 0 Å². The number of hydrogen-bond acceptors (Lipinski definition) is 3. The molecule has 0 amide bonds. The van der Waals surface area contributed by atoms with Crippen LogP contribution in [0.1, 0.15) is 47.0 Å². The molecule has 0 aliphatic heterocycles. The molecule has 3 nitrogen and oxygen atoms in total. The number of rotatable bonds is 9. The molecule has 0 aromatic carbocycles. The van der Waals surface area contributed by atoms with Crippen LogP contribution in [-0.4, -0.2) is 38.5 Å². The molecule has 1 atom stereocenters. The molecule has 0 aliphatic rings. The fraction of sp³-hybridized carbons (Fsp3) is 1.00. The lowest BCUT2D eigenvalue weighted by molar-refractivity contribution is 0.00766. The molecular formula is C13H29NO2. The summed E-state index contributed by atoms with van der Waals surface area (Å²) in [4.78, 5) is 0. The highest BCUT2D eigenvalue weighted by atomic mass is 16.5. The summed E-state index contributed by atoms with van der Waals surface area (Å²) >= 11 is 0. The Morgan fingerprint density at radius 3 is 2.38 bits per heavy atom. The molecule has 16 heavy (non-hydrogen) atoms. The van der Waals surface area contributed by atoms with Gasteiger partial charge in [-0.1, -0.05) is 0 Å². The molecule has 0 fully saturated rings. The molecule has 0 saturated heterocycles. The third-order valence-corrected chi connectivity index (χ3v) is 2.28. The number of methoxy groups -OCH3 is 1. The van der Waals surface area contributed by atoms with Crippen LogP contribution < -0.4 is 5.32 Å². The van der Waals surface area contributed by atoms with Crippen LogP contribution in [-0.2, 0) is 9.47 Å². The van der Waals surface area contributed by atoms with Gasteiger partial charge in [0.05, 0.1) is 12.7 Å². The van der Waals surface area contributed by atoms with Gasteiger partial charge in [0.15, 0.2) is 0 Å². The summed E-state index contributed by atoms with van der Waals surface area (Å²) in [5, 5.41) is 3.48. The molecule has 98 valence electrons. The zero-order chi connectivity index (χ0) is 12.4. The van der Waals surface area contributed by atoms with Gasteiger partial charge in [-0.3, -0.25) is 0 Å². The van der Waals surface area contributed by atoms with E-state index < -0.39 is 0 Å². The van der Waals surface area contributed by atoms with Crippen molar-refractivity contribution in [3.05, 3.63) is 0 Å². The summed E-state index contributed by atoms with van der Waals surface area (Å²) in [6.45, 7) is 11.3. The van der Waals surface area contributed by atoms with Crippen LogP contribution >= 0.6 is 0 Å². The Kier molecular flexibility index (Phi) is 8.90. The van der Waals surface area contributed by atoms with Crippen molar-refractivity contribution in [2.24, 2.45) is 0 Å². The van der Waals surface area contributed by atoms with Gasteiger partial charge >= 0.3 is 0 Å². The zero-order valence-electron chi connectivity index (χ0n) is 11.6. The van der Waals surface area contributed by atoms with E-state index in [0.717, 1.165) is 19.6 Å². The lowest BCUT2D eigenvalue weighted by Gasteiger charge is -2.20. The van der Waals surface area contributed by atoms with E-state index in [-0.39, 0.29) is 11.6 Å². The van der Waals surface area contributed by atoms with Crippen LogP contribution in [0.2, 0.25) is 0 Å². The Hall–Kier alpha value is -0.120. The molecule has 0 heterocycles. The van der Waals surface area contributed by atoms with E-state index in [4.69, 9.17) is 9.47 Å². The van der Waals surface area contributed by atoms with Gasteiger partial charge in [0.1, 0.15) is 0 Å². The van der Waals surface area contributed by atoms with Gasteiger partial charge in [-0.05, 0) is 53.5 Å². The molecule has 0 rings (SSSR count). The highest BCUT2D eigenvalue weighted by molar-refractivity contribution is 4.69. The molecule has 0 aromatic heterocycles. The van der Waals surface area contributed by atoms with Gasteiger partial charge in [-0.15, -0.1) is 0 Å². The predicted octanol–water partition coefficient (Wildman–Crippen LogP) is 2.60. The Morgan fingerprint density at radius 2 is 1.81 bits per heavy atom. The van der Waals surface area contributed by atoms with Gasteiger partial charge in [-0.2, -0.15) is 0 Å². The first-order chi connectivity index (χ1) is 7.45. The highest BCUT2D eigenvalue weighted by Gasteiger charge is 2.06. The van der Waals surface area contributed by atoms with E-state index >= 15 is 0 Å². The topological polar surface area (TPSA) is 30.5 Å². The van der Waals surface area contributed by atoms with E-state index in [1.54, 1.807) is 7.11 Å². The van der Waals surface area contributed by atoms with Crippen LogP contribution in [0.15, 0.2) is 0 Å². The van der Waals surface area contributed by atoms with Crippen LogP contribution in [0.3, 0.4) is 0 Å². The molecule has 3 heteroatoms. The van der Waals surface area contributed by atoms with Crippen molar-refractivity contribution < 1.29 is 9.47 Å². The van der Waals surface area contributed by atoms with Crippen molar-refractivity contribution in [1.82, 2.24) is 5.32 Å². The maximum absolute atomic E-state index is 5.58. The highest BCUT2D eigenvalue weighted by Crippen LogP contribution is 2.01. The maximum Gasteiger partial charge on any atom is 0.0780 e. The van der Waals surface area contributed by atoms with Crippen LogP contribution in [0, 0.1) is 0 Å². The van der Waals surface area contributed by atoms with Crippen molar-refractivity contribution in [1.29, 1.82) is 0 Å². The lowest BCUT2D eigenvalue weighted by Crippen LogP contribution is -2.36. The molecule has 1 unspecified atom stereocenters. The van der Waals surface area contributed by atoms with Crippen molar-refractivity contribution in [2.75, 3.05) is 26.9 Å². The fourth-order valence-corrected chi connectivity index (χ4v) is 1.43. The average Bonchev–Trinajstić information content (AvgIpc) is 2.15. The van der Waals surface area contributed by atoms with Crippen molar-refractivity contribution in [3.63, 3.8) is 0 Å². The minimum Gasteiger partial charge on any atom is -0.382 e. The molecule has 0 saturated carbocycles. The summed E-state index contributed by atoms with van der Waals surface area (Å²) < 4.78 is 10.6. The summed E-state index contributed by atoms with van der Waals surface area (Å²) in [6.07, 6.45) is 3.81. The number of unbranched alkanes of at least 4 members (excludes halogenated alkanes) is 2. The second kappa shape index (κ2) is 8.97. The van der Waals surface area contributed by atoms with Gasteiger partial charge < -0.3 is 14.8 Å². The molecule has 0 aromatic rings. The quantitative estimate of drug-likeness (QED) is 0.619. The summed E-state index contributed by atoms with van der Waals surface area (Å²) in [5.74, 6) is 0. The standard InChI is InChI=1S/C13H29NO2/c1-12(11-15-5)16-10-8-6-7-9-14-13(2,3)4/h12,14H,6-11H2,1-5H3. The van der Waals surface area contributed by atoms with Crippen LogP contribution in [0.25, 0.3) is 0 Å². The smallest absolute Gasteiger partial charge is 0.0780 e. The van der Waals surface area contributed by atoms with Gasteiger partial charge in [-0.25, -0.2) is 0 Å². The van der Waals surface area contributed by atoms with E-state index in [9.17, 15) is 0 Å². The normalized spacial score (nSPS) is 14.1. The summed E-state index contributed by atoms with van der Waals surface area (Å²) in [6, 6.07) is 0. The third kappa shape index (κ3) is 12.0. The molecule has 1 N–H and O–H groups in total. The van der Waals surface area contributed by atoms with Crippen molar-refractivity contribution >= 4 is 0 Å². The first-order valence-corrected chi connectivity index (χ1v) is 6.31. The van der Waals surface area contributed by atoms with Crippen LogP contribution in [0.5, 0.6) is 0 Å². The lowest BCUT2D eigenvalue weighted by atomic mass is 10.1. The first-order valence-electron chi connectivity index (χ1n) is 6.31. The molecule has 0 spiro atoms. The van der Waals surface area contributed by atoms with E-state index in [2.05, 4.69) is 26.1 Å². The van der Waals surface area contributed by atoms with Gasteiger partial charge in [0, 0.05) is 19.3 Å². The number of ether oxygens (including phenoxy) is 2. The van der Waals surface area contributed by atoms with E-state index in [1.165, 1.54) is 12.8 Å². The minimum absolute atomic E-state index is 0.220. The summed E-state index contributed by atoms with van der Waals surface area (Å²) in [5.41, 5.74) is 0.240. The predicted molar refractivity (Wildman–Crippen MR) is 68.9 cm³/mol. The number of nitrogens with one attached hydrogen (secondary N) is 1. The Morgan fingerprint density at radius 1 is 1.12 bits per heavy atom. The van der Waals surface area contributed by atoms with E-state index in [0.29, 0.717) is 6.61 Å². The van der Waals surface area contributed by atoms with Crippen LogP contribution in [0.4, 0.5) is 0 Å².